The summed E-state index contributed by atoms with van der Waals surface area (Å²) in [5.74, 6) is 2.19. The van der Waals surface area contributed by atoms with Gasteiger partial charge in [0, 0.05) is 13.1 Å². The van der Waals surface area contributed by atoms with Crippen LogP contribution in [0, 0.1) is 0 Å². The van der Waals surface area contributed by atoms with Crippen LogP contribution < -0.4 is 10.5 Å². The van der Waals surface area contributed by atoms with Gasteiger partial charge in [-0.05, 0) is 29.8 Å². The topological polar surface area (TPSA) is 60.1 Å². The lowest BCUT2D eigenvalue weighted by Gasteiger charge is -2.27. The molecule has 5 nitrogen and oxygen atoms in total. The van der Waals surface area contributed by atoms with Gasteiger partial charge in [-0.15, -0.1) is 24.0 Å². The van der Waals surface area contributed by atoms with Crippen molar-refractivity contribution in [3.63, 3.8) is 0 Å². The molecule has 2 N–H and O–H groups in total. The predicted octanol–water partition coefficient (Wildman–Crippen LogP) is 3.24. The Balaban J connectivity index is 0.00000208. The molecule has 1 aliphatic heterocycles. The van der Waals surface area contributed by atoms with E-state index in [2.05, 4.69) is 4.99 Å². The second kappa shape index (κ2) is 9.48. The van der Waals surface area contributed by atoms with Crippen LogP contribution >= 0.6 is 24.0 Å². The minimum absolute atomic E-state index is 0. The van der Waals surface area contributed by atoms with E-state index in [0.717, 1.165) is 30.2 Å². The van der Waals surface area contributed by atoms with Gasteiger partial charge in [0.25, 0.3) is 0 Å². The molecule has 0 radical (unpaired) electrons. The highest BCUT2D eigenvalue weighted by molar-refractivity contribution is 14.0. The van der Waals surface area contributed by atoms with Gasteiger partial charge in [0.2, 0.25) is 0 Å². The van der Waals surface area contributed by atoms with Gasteiger partial charge in [-0.1, -0.05) is 30.3 Å². The summed E-state index contributed by atoms with van der Waals surface area (Å²) < 4.78 is 11.2. The van der Waals surface area contributed by atoms with Crippen LogP contribution in [0.4, 0.5) is 0 Å². The van der Waals surface area contributed by atoms with Gasteiger partial charge in [0.05, 0.1) is 19.8 Å². The summed E-state index contributed by atoms with van der Waals surface area (Å²) in [7, 11) is 0. The first-order valence-electron chi connectivity index (χ1n) is 7.76. The summed E-state index contributed by atoms with van der Waals surface area (Å²) in [4.78, 5) is 6.52. The summed E-state index contributed by atoms with van der Waals surface area (Å²) in [5, 5.41) is 0. The zero-order valence-corrected chi connectivity index (χ0v) is 15.8. The number of hydrogen-bond donors (Lipinski definition) is 1. The van der Waals surface area contributed by atoms with Crippen LogP contribution in [0.25, 0.3) is 0 Å². The van der Waals surface area contributed by atoms with Crippen molar-refractivity contribution in [1.29, 1.82) is 0 Å². The Hall–Kier alpha value is -1.80. The van der Waals surface area contributed by atoms with Gasteiger partial charge in [0.15, 0.2) is 5.96 Å². The lowest BCUT2D eigenvalue weighted by Crippen LogP contribution is -2.44. The molecular weight excluding hydrogens is 417 g/mol. The molecule has 128 valence electrons. The lowest BCUT2D eigenvalue weighted by atomic mass is 10.2. The molecule has 0 amide bonds. The Morgan fingerprint density at radius 2 is 1.75 bits per heavy atom. The summed E-state index contributed by atoms with van der Waals surface area (Å²) in [6.07, 6.45) is 0. The van der Waals surface area contributed by atoms with Crippen molar-refractivity contribution < 1.29 is 9.47 Å². The molecule has 6 heteroatoms. The normalized spacial score (nSPS) is 14.8. The molecule has 0 aromatic heterocycles. The van der Waals surface area contributed by atoms with Gasteiger partial charge in [0.1, 0.15) is 11.5 Å². The second-order valence-electron chi connectivity index (χ2n) is 5.34. The minimum Gasteiger partial charge on any atom is -0.457 e. The molecule has 1 heterocycles. The van der Waals surface area contributed by atoms with Crippen molar-refractivity contribution in [3.8, 4) is 11.5 Å². The summed E-state index contributed by atoms with van der Waals surface area (Å²) in [5.41, 5.74) is 7.11. The number of benzene rings is 2. The number of ether oxygens (including phenoxy) is 2. The van der Waals surface area contributed by atoms with Crippen molar-refractivity contribution in [1.82, 2.24) is 4.90 Å². The molecule has 3 rings (SSSR count). The van der Waals surface area contributed by atoms with E-state index >= 15 is 0 Å². The van der Waals surface area contributed by atoms with E-state index in [1.54, 1.807) is 0 Å². The molecule has 2 aromatic rings. The Bertz CT molecular complexity index is 658. The molecular formula is C18H22IN3O2. The molecule has 0 atom stereocenters. The van der Waals surface area contributed by atoms with Crippen molar-refractivity contribution in [3.05, 3.63) is 60.2 Å². The number of aliphatic imine (C=N–C) groups is 1. The maximum Gasteiger partial charge on any atom is 0.191 e. The molecule has 1 aliphatic rings. The minimum atomic E-state index is 0. The molecule has 0 saturated carbocycles. The molecule has 0 aliphatic carbocycles. The molecule has 0 unspecified atom stereocenters. The van der Waals surface area contributed by atoms with Crippen LogP contribution in [0.5, 0.6) is 11.5 Å². The maximum atomic E-state index is 6.05. The lowest BCUT2D eigenvalue weighted by molar-refractivity contribution is 0.0674. The first-order chi connectivity index (χ1) is 11.3. The summed E-state index contributed by atoms with van der Waals surface area (Å²) in [6, 6.07) is 17.6. The van der Waals surface area contributed by atoms with Crippen LogP contribution in [0.1, 0.15) is 5.56 Å². The number of hydrogen-bond acceptors (Lipinski definition) is 3. The molecule has 1 saturated heterocycles. The molecule has 1 fully saturated rings. The van der Waals surface area contributed by atoms with Crippen molar-refractivity contribution in [2.24, 2.45) is 10.7 Å². The molecule has 2 aromatic carbocycles. The first kappa shape index (κ1) is 18.5. The number of nitrogens with two attached hydrogens (primary N) is 1. The van der Waals surface area contributed by atoms with E-state index in [1.807, 2.05) is 59.5 Å². The fraction of sp³-hybridized carbons (Fsp3) is 0.278. The number of morpholine rings is 1. The Morgan fingerprint density at radius 1 is 1.04 bits per heavy atom. The number of halogens is 1. The van der Waals surface area contributed by atoms with Crippen LogP contribution in [-0.4, -0.2) is 37.2 Å². The average molecular weight is 439 g/mol. The van der Waals surface area contributed by atoms with E-state index in [1.165, 1.54) is 0 Å². The van der Waals surface area contributed by atoms with Crippen molar-refractivity contribution in [2.75, 3.05) is 26.3 Å². The van der Waals surface area contributed by atoms with Crippen molar-refractivity contribution in [2.45, 2.75) is 6.54 Å². The molecule has 0 spiro atoms. The average Bonchev–Trinajstić information content (AvgIpc) is 2.62. The van der Waals surface area contributed by atoms with Crippen LogP contribution in [0.15, 0.2) is 59.6 Å². The third kappa shape index (κ3) is 5.38. The van der Waals surface area contributed by atoms with E-state index in [4.69, 9.17) is 15.2 Å². The van der Waals surface area contributed by atoms with Gasteiger partial charge >= 0.3 is 0 Å². The highest BCUT2D eigenvalue weighted by Crippen LogP contribution is 2.22. The van der Waals surface area contributed by atoms with E-state index in [0.29, 0.717) is 25.7 Å². The summed E-state index contributed by atoms with van der Waals surface area (Å²) >= 11 is 0. The van der Waals surface area contributed by atoms with Gasteiger partial charge < -0.3 is 20.1 Å². The maximum absolute atomic E-state index is 6.05. The van der Waals surface area contributed by atoms with Crippen molar-refractivity contribution >= 4 is 29.9 Å². The second-order valence-corrected chi connectivity index (χ2v) is 5.34. The third-order valence-electron chi connectivity index (χ3n) is 3.64. The number of para-hydroxylation sites is 1. The Labute approximate surface area is 159 Å². The smallest absolute Gasteiger partial charge is 0.191 e. The zero-order chi connectivity index (χ0) is 15.9. The highest BCUT2D eigenvalue weighted by Gasteiger charge is 2.11. The van der Waals surface area contributed by atoms with E-state index < -0.39 is 0 Å². The first-order valence-corrected chi connectivity index (χ1v) is 7.76. The van der Waals surface area contributed by atoms with Crippen LogP contribution in [0.3, 0.4) is 0 Å². The van der Waals surface area contributed by atoms with Gasteiger partial charge in [-0.25, -0.2) is 4.99 Å². The van der Waals surface area contributed by atoms with Gasteiger partial charge in [-0.3, -0.25) is 0 Å². The third-order valence-corrected chi connectivity index (χ3v) is 3.64. The van der Waals surface area contributed by atoms with E-state index in [9.17, 15) is 0 Å². The molecule has 0 bridgehead atoms. The molecule has 24 heavy (non-hydrogen) atoms. The standard InChI is InChI=1S/C18H21N3O2.HI/c19-18(21-9-11-22-12-10-21)20-14-15-5-4-8-17(13-15)23-16-6-2-1-3-7-16;/h1-8,13H,9-12,14H2,(H2,19,20);1H. The SMILES string of the molecule is I.NC(=NCc1cccc(Oc2ccccc2)c1)N1CCOCC1. The van der Waals surface area contributed by atoms with Crippen LogP contribution in [-0.2, 0) is 11.3 Å². The number of rotatable bonds is 4. The summed E-state index contributed by atoms with van der Waals surface area (Å²) in [6.45, 7) is 3.54. The quantitative estimate of drug-likeness (QED) is 0.452. The highest BCUT2D eigenvalue weighted by atomic mass is 127. The predicted molar refractivity (Wildman–Crippen MR) is 106 cm³/mol. The Kier molecular flexibility index (Phi) is 7.33. The fourth-order valence-corrected chi connectivity index (χ4v) is 2.40. The zero-order valence-electron chi connectivity index (χ0n) is 13.4. The van der Waals surface area contributed by atoms with Crippen LogP contribution in [0.2, 0.25) is 0 Å². The van der Waals surface area contributed by atoms with Gasteiger partial charge in [-0.2, -0.15) is 0 Å². The Morgan fingerprint density at radius 3 is 2.50 bits per heavy atom. The largest absolute Gasteiger partial charge is 0.457 e. The van der Waals surface area contributed by atoms with E-state index in [-0.39, 0.29) is 24.0 Å². The number of nitrogens with zero attached hydrogens (tertiary/aromatic N) is 2. The number of guanidine groups is 1. The monoisotopic (exact) mass is 439 g/mol. The fourth-order valence-electron chi connectivity index (χ4n) is 2.40.